The average molecular weight is 604 g/mol. The zero-order valence-electron chi connectivity index (χ0n) is 24.6. The molecule has 11 heteroatoms. The highest BCUT2D eigenvalue weighted by molar-refractivity contribution is 5.80. The van der Waals surface area contributed by atoms with Crippen LogP contribution < -0.4 is 15.8 Å². The van der Waals surface area contributed by atoms with Crippen LogP contribution >= 0.6 is 0 Å². The summed E-state index contributed by atoms with van der Waals surface area (Å²) in [6, 6.07) is 24.4. The molecule has 45 heavy (non-hydrogen) atoms. The number of carbonyl (C=O) groups is 2. The number of nitrogens with zero attached hydrogens (tertiary/aromatic N) is 4. The number of anilines is 1. The molecule has 3 heterocycles. The lowest BCUT2D eigenvalue weighted by molar-refractivity contribution is -0.126. The molecule has 1 aliphatic carbocycles. The van der Waals surface area contributed by atoms with Crippen molar-refractivity contribution in [1.82, 2.24) is 30.2 Å². The first kappa shape index (κ1) is 28.3. The van der Waals surface area contributed by atoms with E-state index >= 15 is 0 Å². The molecule has 0 atom stereocenters. The van der Waals surface area contributed by atoms with Crippen molar-refractivity contribution in [2.24, 2.45) is 5.92 Å². The van der Waals surface area contributed by atoms with Crippen molar-refractivity contribution in [2.45, 2.75) is 31.9 Å². The van der Waals surface area contributed by atoms with E-state index in [1.165, 1.54) is 28.6 Å². The molecular formula is C34H33N7O4. The van der Waals surface area contributed by atoms with E-state index in [9.17, 15) is 9.59 Å². The summed E-state index contributed by atoms with van der Waals surface area (Å²) in [7, 11) is 0. The number of rotatable bonds is 8. The van der Waals surface area contributed by atoms with E-state index in [1.54, 1.807) is 4.90 Å². The molecule has 3 aromatic carbocycles. The van der Waals surface area contributed by atoms with Crippen molar-refractivity contribution in [3.8, 4) is 17.0 Å². The van der Waals surface area contributed by atoms with E-state index in [0.29, 0.717) is 56.1 Å². The van der Waals surface area contributed by atoms with Gasteiger partial charge in [0.1, 0.15) is 13.2 Å². The van der Waals surface area contributed by atoms with Gasteiger partial charge in [-0.25, -0.2) is 9.78 Å². The normalized spacial score (nSPS) is 14.6. The molecular weight excluding hydrogens is 570 g/mol. The molecule has 0 radical (unpaired) electrons. The molecule has 2 aromatic heterocycles. The van der Waals surface area contributed by atoms with Gasteiger partial charge in [-0.15, -0.1) is 0 Å². The van der Waals surface area contributed by atoms with E-state index in [2.05, 4.69) is 49.5 Å². The Morgan fingerprint density at radius 2 is 1.58 bits per heavy atom. The molecule has 2 aliphatic rings. The number of hydrogen-bond donors (Lipinski definition) is 3. The van der Waals surface area contributed by atoms with E-state index in [1.807, 2.05) is 48.5 Å². The number of nitrogen functional groups attached to an aromatic ring is 1. The zero-order valence-corrected chi connectivity index (χ0v) is 24.6. The van der Waals surface area contributed by atoms with Crippen molar-refractivity contribution < 1.29 is 19.1 Å². The highest BCUT2D eigenvalue weighted by Crippen LogP contribution is 2.44. The number of likely N-dealkylation sites (tertiary alicyclic amines) is 1. The van der Waals surface area contributed by atoms with Gasteiger partial charge in [-0.05, 0) is 46.2 Å². The quantitative estimate of drug-likeness (QED) is 0.229. The van der Waals surface area contributed by atoms with E-state index in [0.717, 1.165) is 11.1 Å². The largest absolute Gasteiger partial charge is 0.471 e. The van der Waals surface area contributed by atoms with Gasteiger partial charge in [0.2, 0.25) is 17.7 Å². The van der Waals surface area contributed by atoms with Crippen molar-refractivity contribution in [2.75, 3.05) is 25.4 Å². The summed E-state index contributed by atoms with van der Waals surface area (Å²) >= 11 is 0. The predicted molar refractivity (Wildman–Crippen MR) is 168 cm³/mol. The topological polar surface area (TPSA) is 148 Å². The van der Waals surface area contributed by atoms with Gasteiger partial charge in [-0.2, -0.15) is 9.97 Å². The Hall–Kier alpha value is -5.45. The van der Waals surface area contributed by atoms with Crippen molar-refractivity contribution in [3.63, 3.8) is 0 Å². The number of aromatic nitrogens is 4. The molecule has 2 amide bonds. The van der Waals surface area contributed by atoms with E-state index in [4.69, 9.17) is 15.2 Å². The van der Waals surface area contributed by atoms with Crippen molar-refractivity contribution in [1.29, 1.82) is 0 Å². The first-order valence-electron chi connectivity index (χ1n) is 15.1. The minimum Gasteiger partial charge on any atom is -0.471 e. The lowest BCUT2D eigenvalue weighted by Gasteiger charge is -2.31. The molecule has 228 valence electrons. The Bertz CT molecular complexity index is 1800. The number of hydrogen-bond acceptors (Lipinski definition) is 8. The minimum absolute atomic E-state index is 0.000957. The maximum atomic E-state index is 13.0. The smallest absolute Gasteiger partial charge is 0.409 e. The monoisotopic (exact) mass is 603 g/mol. The summed E-state index contributed by atoms with van der Waals surface area (Å²) in [4.78, 5) is 42.9. The Morgan fingerprint density at radius 3 is 2.29 bits per heavy atom. The number of carbonyl (C=O) groups excluding carboxylic acids is 2. The molecule has 0 spiro atoms. The van der Waals surface area contributed by atoms with Crippen LogP contribution in [0.2, 0.25) is 0 Å². The molecule has 0 unspecified atom stereocenters. The Kier molecular flexibility index (Phi) is 7.73. The predicted octanol–water partition coefficient (Wildman–Crippen LogP) is 4.79. The molecule has 4 N–H and O–H groups in total. The summed E-state index contributed by atoms with van der Waals surface area (Å²) in [6.07, 6.45) is 2.39. The Morgan fingerprint density at radius 1 is 0.911 bits per heavy atom. The highest BCUT2D eigenvalue weighted by Gasteiger charge is 2.31. The zero-order chi connectivity index (χ0) is 30.8. The third kappa shape index (κ3) is 5.88. The van der Waals surface area contributed by atoms with Crippen LogP contribution in [0.25, 0.3) is 22.3 Å². The van der Waals surface area contributed by atoms with Crippen LogP contribution in [-0.2, 0) is 22.7 Å². The lowest BCUT2D eigenvalue weighted by atomic mass is 9.96. The summed E-state index contributed by atoms with van der Waals surface area (Å²) in [5.41, 5.74) is 13.5. The Balaban J connectivity index is 0.857. The van der Waals surface area contributed by atoms with Gasteiger partial charge in [0.05, 0.1) is 6.33 Å². The number of H-pyrrole nitrogens is 1. The maximum Gasteiger partial charge on any atom is 0.409 e. The molecule has 7 rings (SSSR count). The SMILES string of the molecule is Nc1nc(OCc2ccc(CNC(=O)C3CCN(C(=O)OCC4c5ccccc5-c5ccccc54)CC3)cc2)c2nc[nH]c2n1. The van der Waals surface area contributed by atoms with Crippen LogP contribution in [0.15, 0.2) is 79.1 Å². The number of nitrogens with two attached hydrogens (primary N) is 1. The van der Waals surface area contributed by atoms with E-state index in [-0.39, 0.29) is 36.4 Å². The van der Waals surface area contributed by atoms with Crippen LogP contribution in [0.3, 0.4) is 0 Å². The maximum absolute atomic E-state index is 13.0. The number of ether oxygens (including phenoxy) is 2. The molecule has 1 saturated heterocycles. The minimum atomic E-state index is -0.322. The lowest BCUT2D eigenvalue weighted by Crippen LogP contribution is -2.43. The van der Waals surface area contributed by atoms with Crippen LogP contribution in [0.5, 0.6) is 5.88 Å². The van der Waals surface area contributed by atoms with Crippen LogP contribution in [-0.4, -0.2) is 56.5 Å². The van der Waals surface area contributed by atoms with Gasteiger partial charge in [-0.1, -0.05) is 72.8 Å². The van der Waals surface area contributed by atoms with E-state index < -0.39 is 0 Å². The van der Waals surface area contributed by atoms with Gasteiger partial charge in [0.15, 0.2) is 11.2 Å². The molecule has 1 fully saturated rings. The fourth-order valence-electron chi connectivity index (χ4n) is 6.17. The molecule has 5 aromatic rings. The van der Waals surface area contributed by atoms with Gasteiger partial charge in [-0.3, -0.25) is 4.79 Å². The summed E-state index contributed by atoms with van der Waals surface area (Å²) < 4.78 is 11.7. The van der Waals surface area contributed by atoms with Gasteiger partial charge >= 0.3 is 6.09 Å². The number of aromatic amines is 1. The van der Waals surface area contributed by atoms with Crippen LogP contribution in [0.4, 0.5) is 10.7 Å². The number of piperidine rings is 1. The second kappa shape index (κ2) is 12.3. The average Bonchev–Trinajstić information content (AvgIpc) is 3.68. The standard InChI is InChI=1S/C34H33N7O4/c35-33-39-30-29(37-20-38-30)32(40-33)44-18-22-11-9-21(10-12-22)17-36-31(42)23-13-15-41(16-14-23)34(43)45-19-28-26-7-3-1-5-24(26)25-6-2-4-8-27(25)28/h1-12,20,23,28H,13-19H2,(H,36,42)(H3,35,37,38,39,40). The highest BCUT2D eigenvalue weighted by atomic mass is 16.6. The number of amides is 2. The fraction of sp³-hybridized carbons (Fsp3) is 0.265. The number of benzene rings is 3. The Labute approximate surface area is 259 Å². The molecule has 0 bridgehead atoms. The van der Waals surface area contributed by atoms with Crippen LogP contribution in [0, 0.1) is 5.92 Å². The fourth-order valence-corrected chi connectivity index (χ4v) is 6.17. The van der Waals surface area contributed by atoms with Gasteiger partial charge in [0.25, 0.3) is 0 Å². The van der Waals surface area contributed by atoms with Gasteiger partial charge in [0, 0.05) is 31.5 Å². The van der Waals surface area contributed by atoms with Crippen molar-refractivity contribution >= 4 is 29.1 Å². The second-order valence-corrected chi connectivity index (χ2v) is 11.4. The number of imidazole rings is 1. The third-order valence-corrected chi connectivity index (χ3v) is 8.59. The third-order valence-electron chi connectivity index (χ3n) is 8.59. The molecule has 1 aliphatic heterocycles. The molecule has 11 nitrogen and oxygen atoms in total. The van der Waals surface area contributed by atoms with Crippen molar-refractivity contribution in [3.05, 3.63) is 101 Å². The molecule has 0 saturated carbocycles. The number of fused-ring (bicyclic) bond motifs is 4. The number of nitrogens with one attached hydrogen (secondary N) is 2. The van der Waals surface area contributed by atoms with Gasteiger partial charge < -0.3 is 30.4 Å². The summed E-state index contributed by atoms with van der Waals surface area (Å²) in [5, 5.41) is 3.05. The first-order valence-corrected chi connectivity index (χ1v) is 15.1. The summed E-state index contributed by atoms with van der Waals surface area (Å²) in [6.45, 7) is 1.98. The second-order valence-electron chi connectivity index (χ2n) is 11.4. The van der Waals surface area contributed by atoms with Crippen LogP contribution in [0.1, 0.15) is 41.0 Å². The first-order chi connectivity index (χ1) is 22.0. The summed E-state index contributed by atoms with van der Waals surface area (Å²) in [5.74, 6) is 0.306.